The van der Waals surface area contributed by atoms with E-state index in [-0.39, 0.29) is 0 Å². The molecule has 0 heterocycles. The average Bonchev–Trinajstić information content (AvgIpc) is 2.64. The van der Waals surface area contributed by atoms with Crippen LogP contribution in [0.25, 0.3) is 0 Å². The van der Waals surface area contributed by atoms with Crippen molar-refractivity contribution in [3.8, 4) is 0 Å². The first-order valence-electron chi connectivity index (χ1n) is 9.59. The Morgan fingerprint density at radius 2 is 1.60 bits per heavy atom. The Labute approximate surface area is 152 Å². The Morgan fingerprint density at radius 3 is 2.16 bits per heavy atom. The summed E-state index contributed by atoms with van der Waals surface area (Å²) in [7, 11) is 0. The fourth-order valence-electron chi connectivity index (χ4n) is 2.70. The largest absolute Gasteiger partial charge is 0.384 e. The van der Waals surface area contributed by atoms with E-state index in [0.717, 1.165) is 6.54 Å². The summed E-state index contributed by atoms with van der Waals surface area (Å²) in [4.78, 5) is 18.3. The SMILES string of the molecule is CCCCC[NH+](CCCCC)CC/C(N)=N/OC(=O)c1ccccc1. The highest BCUT2D eigenvalue weighted by Gasteiger charge is 2.10. The van der Waals surface area contributed by atoms with Crippen molar-refractivity contribution in [1.82, 2.24) is 0 Å². The summed E-state index contributed by atoms with van der Waals surface area (Å²) < 4.78 is 0. The lowest BCUT2D eigenvalue weighted by molar-refractivity contribution is -0.899. The van der Waals surface area contributed by atoms with Crippen LogP contribution in [0.1, 0.15) is 69.2 Å². The Bertz CT molecular complexity index is 493. The Morgan fingerprint density at radius 1 is 1.00 bits per heavy atom. The highest BCUT2D eigenvalue weighted by atomic mass is 16.7. The van der Waals surface area contributed by atoms with Crippen LogP contribution >= 0.6 is 0 Å². The minimum Gasteiger partial charge on any atom is -0.384 e. The molecule has 5 nitrogen and oxygen atoms in total. The third kappa shape index (κ3) is 9.87. The number of oxime groups is 1. The van der Waals surface area contributed by atoms with Crippen molar-refractivity contribution in [2.45, 2.75) is 58.8 Å². The van der Waals surface area contributed by atoms with Crippen LogP contribution in [0, 0.1) is 0 Å². The van der Waals surface area contributed by atoms with Gasteiger partial charge in [-0.05, 0) is 37.8 Å². The smallest absolute Gasteiger partial charge is 0.365 e. The highest BCUT2D eigenvalue weighted by Crippen LogP contribution is 2.01. The lowest BCUT2D eigenvalue weighted by Crippen LogP contribution is -3.12. The fourth-order valence-corrected chi connectivity index (χ4v) is 2.70. The van der Waals surface area contributed by atoms with Gasteiger partial charge in [0.05, 0.1) is 31.6 Å². The second-order valence-corrected chi connectivity index (χ2v) is 6.49. The number of carbonyl (C=O) groups is 1. The summed E-state index contributed by atoms with van der Waals surface area (Å²) in [5, 5.41) is 3.80. The molecule has 1 rings (SSSR count). The number of unbranched alkanes of at least 4 members (excludes halogenated alkanes) is 4. The molecule has 1 aromatic carbocycles. The summed E-state index contributed by atoms with van der Waals surface area (Å²) in [6.45, 7) is 7.74. The molecule has 0 aromatic heterocycles. The number of nitrogens with two attached hydrogens (primary N) is 1. The lowest BCUT2D eigenvalue weighted by Gasteiger charge is -2.19. The van der Waals surface area contributed by atoms with E-state index < -0.39 is 5.97 Å². The first-order valence-corrected chi connectivity index (χ1v) is 9.59. The number of hydrogen-bond acceptors (Lipinski definition) is 3. The molecule has 0 aliphatic carbocycles. The van der Waals surface area contributed by atoms with E-state index in [1.54, 1.807) is 29.2 Å². The van der Waals surface area contributed by atoms with Crippen LogP contribution in [0.2, 0.25) is 0 Å². The molecule has 0 unspecified atom stereocenters. The van der Waals surface area contributed by atoms with Gasteiger partial charge in [0.2, 0.25) is 0 Å². The number of carbonyl (C=O) groups excluding carboxylic acids is 1. The molecule has 0 radical (unpaired) electrons. The van der Waals surface area contributed by atoms with Crippen LogP contribution in [0.5, 0.6) is 0 Å². The second-order valence-electron chi connectivity index (χ2n) is 6.49. The molecule has 25 heavy (non-hydrogen) atoms. The van der Waals surface area contributed by atoms with Crippen LogP contribution in [0.3, 0.4) is 0 Å². The van der Waals surface area contributed by atoms with Gasteiger partial charge in [0, 0.05) is 0 Å². The number of nitrogens with zero attached hydrogens (tertiary/aromatic N) is 1. The number of amidine groups is 1. The van der Waals surface area contributed by atoms with E-state index in [1.165, 1.54) is 51.6 Å². The van der Waals surface area contributed by atoms with Gasteiger partial charge in [-0.2, -0.15) is 0 Å². The van der Waals surface area contributed by atoms with Crippen LogP contribution in [0.4, 0.5) is 0 Å². The summed E-state index contributed by atoms with van der Waals surface area (Å²) >= 11 is 0. The molecule has 0 spiro atoms. The number of rotatable bonds is 13. The van der Waals surface area contributed by atoms with Crippen LogP contribution in [-0.2, 0) is 4.84 Å². The summed E-state index contributed by atoms with van der Waals surface area (Å²) in [6, 6.07) is 8.82. The predicted octanol–water partition coefficient (Wildman–Crippen LogP) is 2.77. The van der Waals surface area contributed by atoms with Crippen molar-refractivity contribution in [3.05, 3.63) is 35.9 Å². The van der Waals surface area contributed by atoms with Gasteiger partial charge in [-0.1, -0.05) is 50.0 Å². The lowest BCUT2D eigenvalue weighted by atomic mass is 10.2. The van der Waals surface area contributed by atoms with Gasteiger partial charge in [0.15, 0.2) is 0 Å². The van der Waals surface area contributed by atoms with Gasteiger partial charge in [-0.15, -0.1) is 0 Å². The quantitative estimate of drug-likeness (QED) is 0.189. The highest BCUT2D eigenvalue weighted by molar-refractivity contribution is 5.90. The van der Waals surface area contributed by atoms with Gasteiger partial charge in [-0.3, -0.25) is 0 Å². The third-order valence-corrected chi connectivity index (χ3v) is 4.26. The summed E-state index contributed by atoms with van der Waals surface area (Å²) in [6.07, 6.45) is 8.17. The van der Waals surface area contributed by atoms with Crippen LogP contribution < -0.4 is 10.6 Å². The molecule has 140 valence electrons. The topological polar surface area (TPSA) is 69.1 Å². The monoisotopic (exact) mass is 348 g/mol. The molecule has 0 aliphatic heterocycles. The van der Waals surface area contributed by atoms with E-state index in [4.69, 9.17) is 10.6 Å². The van der Waals surface area contributed by atoms with Crippen molar-refractivity contribution in [1.29, 1.82) is 0 Å². The summed E-state index contributed by atoms with van der Waals surface area (Å²) in [5.41, 5.74) is 6.39. The molecule has 0 fully saturated rings. The Hall–Kier alpha value is -1.88. The molecule has 3 N–H and O–H groups in total. The number of hydrogen-bond donors (Lipinski definition) is 2. The minimum absolute atomic E-state index is 0.382. The molecular weight excluding hydrogens is 314 g/mol. The van der Waals surface area contributed by atoms with Gasteiger partial charge >= 0.3 is 5.97 Å². The van der Waals surface area contributed by atoms with Gasteiger partial charge in [0.1, 0.15) is 5.84 Å². The normalized spacial score (nSPS) is 11.7. The predicted molar refractivity (Wildman–Crippen MR) is 103 cm³/mol. The molecular formula is C20H34N3O2+. The zero-order valence-electron chi connectivity index (χ0n) is 15.8. The fraction of sp³-hybridized carbons (Fsp3) is 0.600. The molecule has 0 bridgehead atoms. The number of benzene rings is 1. The first kappa shape index (κ1) is 21.2. The van der Waals surface area contributed by atoms with Gasteiger partial charge in [0.25, 0.3) is 0 Å². The Balaban J connectivity index is 2.40. The molecule has 5 heteroatoms. The maximum Gasteiger partial charge on any atom is 0.365 e. The Kier molecular flexibility index (Phi) is 11.4. The average molecular weight is 349 g/mol. The maximum atomic E-state index is 11.8. The molecule has 0 saturated carbocycles. The number of quaternary nitrogens is 1. The molecule has 1 aromatic rings. The summed E-state index contributed by atoms with van der Waals surface area (Å²) in [5.74, 6) is -0.0913. The minimum atomic E-state index is -0.473. The van der Waals surface area contributed by atoms with Crippen molar-refractivity contribution in [2.75, 3.05) is 19.6 Å². The van der Waals surface area contributed by atoms with Crippen molar-refractivity contribution in [3.63, 3.8) is 0 Å². The van der Waals surface area contributed by atoms with Crippen molar-refractivity contribution >= 4 is 11.8 Å². The van der Waals surface area contributed by atoms with E-state index in [0.29, 0.717) is 17.8 Å². The van der Waals surface area contributed by atoms with E-state index in [1.807, 2.05) is 6.07 Å². The van der Waals surface area contributed by atoms with Crippen molar-refractivity contribution < 1.29 is 14.5 Å². The second kappa shape index (κ2) is 13.4. The van der Waals surface area contributed by atoms with E-state index >= 15 is 0 Å². The van der Waals surface area contributed by atoms with Gasteiger partial charge < -0.3 is 15.5 Å². The van der Waals surface area contributed by atoms with E-state index in [2.05, 4.69) is 19.0 Å². The maximum absolute atomic E-state index is 11.8. The molecule has 0 aliphatic rings. The standard InChI is InChI=1S/C20H33N3O2/c1-3-5-10-15-23(16-11-6-4-2)17-14-19(21)22-25-20(24)18-12-8-7-9-13-18/h7-9,12-13H,3-6,10-11,14-17H2,1-2H3,(H2,21,22)/p+1. The molecule has 0 atom stereocenters. The van der Waals surface area contributed by atoms with Gasteiger partial charge in [-0.25, -0.2) is 4.79 Å². The van der Waals surface area contributed by atoms with Crippen LogP contribution in [0.15, 0.2) is 35.5 Å². The zero-order valence-corrected chi connectivity index (χ0v) is 15.8. The molecule has 0 amide bonds. The van der Waals surface area contributed by atoms with E-state index in [9.17, 15) is 4.79 Å². The number of nitrogens with one attached hydrogen (secondary N) is 1. The van der Waals surface area contributed by atoms with Crippen LogP contribution in [-0.4, -0.2) is 31.4 Å². The van der Waals surface area contributed by atoms with Crippen molar-refractivity contribution in [2.24, 2.45) is 10.9 Å². The zero-order chi connectivity index (χ0) is 18.3. The molecule has 0 saturated heterocycles. The first-order chi connectivity index (χ1) is 12.2. The third-order valence-electron chi connectivity index (χ3n) is 4.26.